The number of carboxylic acid groups (broad SMARTS) is 1. The molecular formula is C24H38N2O6. The summed E-state index contributed by atoms with van der Waals surface area (Å²) in [5.74, 6) is -0.571. The number of ether oxygens (including phenoxy) is 2. The molecule has 1 aromatic rings. The molecule has 0 bridgehead atoms. The third-order valence-corrected chi connectivity index (χ3v) is 4.48. The molecule has 8 heteroatoms. The van der Waals surface area contributed by atoms with E-state index in [1.807, 2.05) is 52.0 Å². The van der Waals surface area contributed by atoms with Crippen molar-refractivity contribution < 1.29 is 29.0 Å². The van der Waals surface area contributed by atoms with E-state index in [1.165, 1.54) is 0 Å². The molecule has 0 aliphatic heterocycles. The predicted molar refractivity (Wildman–Crippen MR) is 123 cm³/mol. The van der Waals surface area contributed by atoms with Gasteiger partial charge in [0.25, 0.3) is 0 Å². The van der Waals surface area contributed by atoms with E-state index in [1.54, 1.807) is 0 Å². The minimum absolute atomic E-state index is 0.225. The molecule has 0 spiro atoms. The molecule has 0 radical (unpaired) electrons. The topological polar surface area (TPSA) is 114 Å². The number of rotatable bonds is 14. The van der Waals surface area contributed by atoms with E-state index in [-0.39, 0.29) is 18.4 Å². The summed E-state index contributed by atoms with van der Waals surface area (Å²) >= 11 is 0. The molecule has 180 valence electrons. The van der Waals surface area contributed by atoms with Gasteiger partial charge in [0.05, 0.1) is 6.61 Å². The number of carbonyl (C=O) groups excluding carboxylic acids is 2. The molecule has 0 aliphatic rings. The Morgan fingerprint density at radius 3 is 2.28 bits per heavy atom. The van der Waals surface area contributed by atoms with Crippen LogP contribution in [-0.4, -0.2) is 47.9 Å². The number of carbonyl (C=O) groups is 3. The second-order valence-electron chi connectivity index (χ2n) is 8.75. The number of nitrogens with one attached hydrogen (secondary N) is 2. The zero-order chi connectivity index (χ0) is 24.0. The third-order valence-electron chi connectivity index (χ3n) is 4.48. The molecule has 0 heterocycles. The number of hydrogen-bond donors (Lipinski definition) is 3. The molecule has 32 heavy (non-hydrogen) atoms. The summed E-state index contributed by atoms with van der Waals surface area (Å²) in [4.78, 5) is 34.6. The molecule has 2 amide bonds. The first-order valence-electron chi connectivity index (χ1n) is 11.3. The molecular weight excluding hydrogens is 412 g/mol. The van der Waals surface area contributed by atoms with Gasteiger partial charge in [0.1, 0.15) is 17.4 Å². The fourth-order valence-corrected chi connectivity index (χ4v) is 2.93. The van der Waals surface area contributed by atoms with Crippen molar-refractivity contribution >= 4 is 18.0 Å². The highest BCUT2D eigenvalue weighted by Crippen LogP contribution is 2.15. The first-order valence-corrected chi connectivity index (χ1v) is 11.3. The molecule has 0 saturated carbocycles. The van der Waals surface area contributed by atoms with Gasteiger partial charge >= 0.3 is 12.1 Å². The van der Waals surface area contributed by atoms with Crippen molar-refractivity contribution in [1.82, 2.24) is 10.6 Å². The van der Waals surface area contributed by atoms with Crippen LogP contribution in [0.3, 0.4) is 0 Å². The maximum atomic E-state index is 11.7. The van der Waals surface area contributed by atoms with Crippen molar-refractivity contribution in [3.05, 3.63) is 29.8 Å². The van der Waals surface area contributed by atoms with Gasteiger partial charge in [-0.3, -0.25) is 4.79 Å². The number of carboxylic acids is 1. The molecule has 0 unspecified atom stereocenters. The highest BCUT2D eigenvalue weighted by atomic mass is 16.6. The lowest BCUT2D eigenvalue weighted by Gasteiger charge is -2.19. The number of alkyl carbamates (subject to hydrolysis) is 1. The van der Waals surface area contributed by atoms with Crippen LogP contribution in [0.5, 0.6) is 5.75 Å². The van der Waals surface area contributed by atoms with E-state index < -0.39 is 17.6 Å². The van der Waals surface area contributed by atoms with Crippen molar-refractivity contribution in [2.45, 2.75) is 84.3 Å². The first kappa shape index (κ1) is 27.3. The average molecular weight is 451 g/mol. The Morgan fingerprint density at radius 1 is 1.03 bits per heavy atom. The number of amides is 2. The summed E-state index contributed by atoms with van der Waals surface area (Å²) in [7, 11) is 0. The Bertz CT molecular complexity index is 712. The van der Waals surface area contributed by atoms with Crippen LogP contribution in [0.2, 0.25) is 0 Å². The molecule has 3 N–H and O–H groups in total. The summed E-state index contributed by atoms with van der Waals surface area (Å²) in [5.41, 5.74) is 0.335. The quantitative estimate of drug-likeness (QED) is 0.368. The van der Waals surface area contributed by atoms with E-state index in [2.05, 4.69) is 10.6 Å². The van der Waals surface area contributed by atoms with Crippen LogP contribution in [0.15, 0.2) is 24.3 Å². The molecule has 1 aromatic carbocycles. The number of unbranched alkanes of at least 4 members (excludes halogenated alkanes) is 3. The Morgan fingerprint density at radius 2 is 1.69 bits per heavy atom. The van der Waals surface area contributed by atoms with Gasteiger partial charge in [0, 0.05) is 19.4 Å². The molecule has 0 saturated heterocycles. The van der Waals surface area contributed by atoms with E-state index in [0.717, 1.165) is 37.0 Å². The van der Waals surface area contributed by atoms with Gasteiger partial charge in [0.2, 0.25) is 5.91 Å². The van der Waals surface area contributed by atoms with E-state index in [4.69, 9.17) is 9.47 Å². The van der Waals surface area contributed by atoms with Crippen molar-refractivity contribution in [2.75, 3.05) is 13.2 Å². The second-order valence-corrected chi connectivity index (χ2v) is 8.75. The lowest BCUT2D eigenvalue weighted by atomic mass is 10.1. The monoisotopic (exact) mass is 450 g/mol. The Hall–Kier alpha value is -2.77. The van der Waals surface area contributed by atoms with Crippen molar-refractivity contribution in [3.63, 3.8) is 0 Å². The van der Waals surface area contributed by atoms with Gasteiger partial charge in [-0.1, -0.05) is 31.9 Å². The predicted octanol–water partition coefficient (Wildman–Crippen LogP) is 4.06. The summed E-state index contributed by atoms with van der Waals surface area (Å²) in [6.07, 6.45) is 4.59. The minimum Gasteiger partial charge on any atom is -0.494 e. The van der Waals surface area contributed by atoms with Crippen molar-refractivity contribution in [1.29, 1.82) is 0 Å². The van der Waals surface area contributed by atoms with Gasteiger partial charge < -0.3 is 25.2 Å². The fourth-order valence-electron chi connectivity index (χ4n) is 2.93. The maximum absolute atomic E-state index is 11.7. The lowest BCUT2D eigenvalue weighted by molar-refractivity contribution is -0.141. The van der Waals surface area contributed by atoms with Crippen LogP contribution in [0.4, 0.5) is 4.79 Å². The van der Waals surface area contributed by atoms with Gasteiger partial charge in [-0.05, 0) is 57.7 Å². The summed E-state index contributed by atoms with van der Waals surface area (Å²) in [6, 6.07) is 6.32. The van der Waals surface area contributed by atoms with Crippen LogP contribution < -0.4 is 15.4 Å². The second kappa shape index (κ2) is 14.3. The Kier molecular flexibility index (Phi) is 12.2. The number of benzene rings is 1. The van der Waals surface area contributed by atoms with Gasteiger partial charge in [0.15, 0.2) is 0 Å². The Labute approximate surface area is 191 Å². The van der Waals surface area contributed by atoms with Crippen LogP contribution >= 0.6 is 0 Å². The smallest absolute Gasteiger partial charge is 0.407 e. The fraction of sp³-hybridized carbons (Fsp3) is 0.625. The van der Waals surface area contributed by atoms with Crippen LogP contribution in [-0.2, 0) is 20.7 Å². The highest BCUT2D eigenvalue weighted by molar-refractivity contribution is 5.83. The Balaban J connectivity index is 2.23. The van der Waals surface area contributed by atoms with Crippen LogP contribution in [0.1, 0.15) is 71.8 Å². The molecule has 8 nitrogen and oxygen atoms in total. The molecule has 1 rings (SSSR count). The molecule has 0 aliphatic carbocycles. The SMILES string of the molecule is CCCC(=O)N[C@@H](Cc1ccc(OCCCCCCNC(=O)OC(C)(C)C)cc1)C(=O)O. The molecule has 0 aromatic heterocycles. The number of hydrogen-bond acceptors (Lipinski definition) is 5. The first-order chi connectivity index (χ1) is 15.1. The van der Waals surface area contributed by atoms with Crippen molar-refractivity contribution in [2.24, 2.45) is 0 Å². The van der Waals surface area contributed by atoms with Crippen molar-refractivity contribution in [3.8, 4) is 5.75 Å². The minimum atomic E-state index is -1.05. The zero-order valence-corrected chi connectivity index (χ0v) is 19.7. The largest absolute Gasteiger partial charge is 0.494 e. The average Bonchev–Trinajstić information content (AvgIpc) is 2.69. The summed E-state index contributed by atoms with van der Waals surface area (Å²) < 4.78 is 10.9. The number of aliphatic carboxylic acids is 1. The van der Waals surface area contributed by atoms with Crippen LogP contribution in [0.25, 0.3) is 0 Å². The van der Waals surface area contributed by atoms with E-state index in [0.29, 0.717) is 26.0 Å². The standard InChI is InChI=1S/C24H38N2O6/c1-5-10-21(27)26-20(22(28)29)17-18-11-13-19(14-12-18)31-16-9-7-6-8-15-25-23(30)32-24(2,3)4/h11-14,20H,5-10,15-17H2,1-4H3,(H,25,30)(H,26,27)(H,28,29)/t20-/m0/s1. The zero-order valence-electron chi connectivity index (χ0n) is 19.7. The highest BCUT2D eigenvalue weighted by Gasteiger charge is 2.20. The van der Waals surface area contributed by atoms with Gasteiger partial charge in [-0.25, -0.2) is 9.59 Å². The normalized spacial score (nSPS) is 12.0. The molecule has 1 atom stereocenters. The molecule has 0 fully saturated rings. The van der Waals surface area contributed by atoms with E-state index >= 15 is 0 Å². The summed E-state index contributed by atoms with van der Waals surface area (Å²) in [5, 5.41) is 14.6. The van der Waals surface area contributed by atoms with E-state index in [9.17, 15) is 19.5 Å². The third kappa shape index (κ3) is 12.8. The van der Waals surface area contributed by atoms with Crippen LogP contribution in [0, 0.1) is 0 Å². The van der Waals surface area contributed by atoms with Gasteiger partial charge in [-0.2, -0.15) is 0 Å². The maximum Gasteiger partial charge on any atom is 0.407 e. The lowest BCUT2D eigenvalue weighted by Crippen LogP contribution is -2.42. The van der Waals surface area contributed by atoms with Gasteiger partial charge in [-0.15, -0.1) is 0 Å². The summed E-state index contributed by atoms with van der Waals surface area (Å²) in [6.45, 7) is 8.55.